The molecular formula is C13H20N6S. The summed E-state index contributed by atoms with van der Waals surface area (Å²) in [6.45, 7) is 6.63. The highest BCUT2D eigenvalue weighted by atomic mass is 32.1. The van der Waals surface area contributed by atoms with Crippen molar-refractivity contribution in [3.05, 3.63) is 22.4 Å². The number of aromatic nitrogens is 3. The quantitative estimate of drug-likeness (QED) is 0.817. The molecule has 108 valence electrons. The Kier molecular flexibility index (Phi) is 5.11. The van der Waals surface area contributed by atoms with Crippen molar-refractivity contribution in [1.82, 2.24) is 15.0 Å². The molecule has 0 aliphatic carbocycles. The zero-order chi connectivity index (χ0) is 14.4. The van der Waals surface area contributed by atoms with Crippen LogP contribution in [0.5, 0.6) is 0 Å². The molecular weight excluding hydrogens is 272 g/mol. The third-order valence-electron chi connectivity index (χ3n) is 2.92. The summed E-state index contributed by atoms with van der Waals surface area (Å²) in [6.07, 6.45) is 0. The lowest BCUT2D eigenvalue weighted by Crippen LogP contribution is -2.25. The molecule has 0 aromatic carbocycles. The highest BCUT2D eigenvalue weighted by Crippen LogP contribution is 2.14. The Morgan fingerprint density at radius 2 is 1.90 bits per heavy atom. The molecule has 0 saturated carbocycles. The van der Waals surface area contributed by atoms with Crippen molar-refractivity contribution in [3.63, 3.8) is 0 Å². The van der Waals surface area contributed by atoms with Gasteiger partial charge in [-0.05, 0) is 36.2 Å². The summed E-state index contributed by atoms with van der Waals surface area (Å²) in [7, 11) is 1.81. The van der Waals surface area contributed by atoms with Gasteiger partial charge < -0.3 is 15.5 Å². The van der Waals surface area contributed by atoms with Crippen molar-refractivity contribution < 1.29 is 0 Å². The molecule has 2 rings (SSSR count). The van der Waals surface area contributed by atoms with Gasteiger partial charge in [-0.1, -0.05) is 0 Å². The number of hydrogen-bond acceptors (Lipinski definition) is 7. The number of hydrogen-bond donors (Lipinski definition) is 2. The topological polar surface area (TPSA) is 66.0 Å². The van der Waals surface area contributed by atoms with Crippen molar-refractivity contribution in [3.8, 4) is 0 Å². The van der Waals surface area contributed by atoms with E-state index in [2.05, 4.69) is 61.2 Å². The van der Waals surface area contributed by atoms with Gasteiger partial charge in [0, 0.05) is 26.7 Å². The summed E-state index contributed by atoms with van der Waals surface area (Å²) in [5.41, 5.74) is 1.23. The molecule has 2 aromatic heterocycles. The molecule has 0 spiro atoms. The molecule has 0 saturated heterocycles. The lowest BCUT2D eigenvalue weighted by atomic mass is 10.3. The van der Waals surface area contributed by atoms with Crippen molar-refractivity contribution in [2.24, 2.45) is 0 Å². The van der Waals surface area contributed by atoms with E-state index in [4.69, 9.17) is 0 Å². The fourth-order valence-corrected chi connectivity index (χ4v) is 2.45. The van der Waals surface area contributed by atoms with E-state index in [1.165, 1.54) is 5.56 Å². The number of nitrogens with zero attached hydrogens (tertiary/aromatic N) is 4. The van der Waals surface area contributed by atoms with Gasteiger partial charge in [-0.3, -0.25) is 0 Å². The fourth-order valence-electron chi connectivity index (χ4n) is 1.78. The zero-order valence-corrected chi connectivity index (χ0v) is 12.9. The SMILES string of the molecule is CCN(CC)c1nc(NC)nc(NCc2ccsc2)n1. The summed E-state index contributed by atoms with van der Waals surface area (Å²) < 4.78 is 0. The molecule has 2 heterocycles. The Morgan fingerprint density at radius 3 is 2.50 bits per heavy atom. The van der Waals surface area contributed by atoms with Crippen molar-refractivity contribution in [1.29, 1.82) is 0 Å². The Hall–Kier alpha value is -1.89. The first-order chi connectivity index (χ1) is 9.76. The monoisotopic (exact) mass is 292 g/mol. The van der Waals surface area contributed by atoms with Crippen molar-refractivity contribution in [2.45, 2.75) is 20.4 Å². The van der Waals surface area contributed by atoms with Crippen LogP contribution < -0.4 is 15.5 Å². The lowest BCUT2D eigenvalue weighted by Gasteiger charge is -2.19. The Labute approximate surface area is 123 Å². The molecule has 2 aromatic rings. The van der Waals surface area contributed by atoms with Crippen LogP contribution >= 0.6 is 11.3 Å². The standard InChI is InChI=1S/C13H20N6S/c1-4-19(5-2)13-17-11(14-3)16-12(18-13)15-8-10-6-7-20-9-10/h6-7,9H,4-5,8H2,1-3H3,(H2,14,15,16,17,18). The van der Waals surface area contributed by atoms with E-state index in [-0.39, 0.29) is 0 Å². The first-order valence-corrected chi connectivity index (χ1v) is 7.64. The predicted octanol–water partition coefficient (Wildman–Crippen LogP) is 2.43. The minimum absolute atomic E-state index is 0.578. The van der Waals surface area contributed by atoms with Crippen LogP contribution in [-0.2, 0) is 6.54 Å². The maximum atomic E-state index is 4.48. The second-order valence-electron chi connectivity index (χ2n) is 4.19. The molecule has 2 N–H and O–H groups in total. The van der Waals surface area contributed by atoms with E-state index in [1.807, 2.05) is 7.05 Å². The number of rotatable bonds is 7. The molecule has 20 heavy (non-hydrogen) atoms. The van der Waals surface area contributed by atoms with E-state index in [0.29, 0.717) is 24.4 Å². The Balaban J connectivity index is 2.16. The maximum Gasteiger partial charge on any atom is 0.231 e. The molecule has 0 amide bonds. The maximum absolute atomic E-state index is 4.48. The van der Waals surface area contributed by atoms with E-state index in [9.17, 15) is 0 Å². The second-order valence-corrected chi connectivity index (χ2v) is 4.97. The van der Waals surface area contributed by atoms with E-state index in [1.54, 1.807) is 11.3 Å². The van der Waals surface area contributed by atoms with Crippen LogP contribution in [0.25, 0.3) is 0 Å². The summed E-state index contributed by atoms with van der Waals surface area (Å²) in [4.78, 5) is 15.3. The smallest absolute Gasteiger partial charge is 0.231 e. The van der Waals surface area contributed by atoms with Gasteiger partial charge in [0.2, 0.25) is 17.8 Å². The zero-order valence-electron chi connectivity index (χ0n) is 12.1. The minimum Gasteiger partial charge on any atom is -0.357 e. The van der Waals surface area contributed by atoms with Gasteiger partial charge in [0.25, 0.3) is 0 Å². The van der Waals surface area contributed by atoms with Gasteiger partial charge in [0.15, 0.2) is 0 Å². The molecule has 0 bridgehead atoms. The fraction of sp³-hybridized carbons (Fsp3) is 0.462. The van der Waals surface area contributed by atoms with Crippen molar-refractivity contribution in [2.75, 3.05) is 35.7 Å². The first kappa shape index (κ1) is 14.5. The summed E-state index contributed by atoms with van der Waals surface area (Å²) in [5, 5.41) is 10.4. The summed E-state index contributed by atoms with van der Waals surface area (Å²) >= 11 is 1.68. The lowest BCUT2D eigenvalue weighted by molar-refractivity contribution is 0.812. The van der Waals surface area contributed by atoms with Crippen LogP contribution in [0.4, 0.5) is 17.8 Å². The predicted molar refractivity (Wildman–Crippen MR) is 84.6 cm³/mol. The molecule has 0 unspecified atom stereocenters. The van der Waals surface area contributed by atoms with Gasteiger partial charge in [0.05, 0.1) is 0 Å². The minimum atomic E-state index is 0.578. The summed E-state index contributed by atoms with van der Waals surface area (Å²) in [6, 6.07) is 2.09. The molecule has 7 heteroatoms. The van der Waals surface area contributed by atoms with Crippen LogP contribution in [0, 0.1) is 0 Å². The summed E-state index contributed by atoms with van der Waals surface area (Å²) in [5.74, 6) is 1.87. The highest BCUT2D eigenvalue weighted by Gasteiger charge is 2.10. The molecule has 0 atom stereocenters. The van der Waals surface area contributed by atoms with Gasteiger partial charge in [0.1, 0.15) is 0 Å². The molecule has 0 radical (unpaired) electrons. The van der Waals surface area contributed by atoms with E-state index >= 15 is 0 Å². The van der Waals surface area contributed by atoms with Gasteiger partial charge >= 0.3 is 0 Å². The molecule has 0 aliphatic rings. The number of thiophene rings is 1. The number of anilines is 3. The van der Waals surface area contributed by atoms with E-state index in [0.717, 1.165) is 13.1 Å². The normalized spacial score (nSPS) is 10.3. The number of nitrogens with one attached hydrogen (secondary N) is 2. The van der Waals surface area contributed by atoms with Crippen LogP contribution in [-0.4, -0.2) is 35.1 Å². The molecule has 6 nitrogen and oxygen atoms in total. The van der Waals surface area contributed by atoms with Crippen molar-refractivity contribution >= 4 is 29.2 Å². The average molecular weight is 292 g/mol. The highest BCUT2D eigenvalue weighted by molar-refractivity contribution is 7.07. The van der Waals surface area contributed by atoms with Gasteiger partial charge in [-0.2, -0.15) is 26.3 Å². The largest absolute Gasteiger partial charge is 0.357 e. The first-order valence-electron chi connectivity index (χ1n) is 6.70. The third-order valence-corrected chi connectivity index (χ3v) is 3.66. The van der Waals surface area contributed by atoms with Gasteiger partial charge in [-0.15, -0.1) is 0 Å². The Bertz CT molecular complexity index is 524. The van der Waals surface area contributed by atoms with Crippen LogP contribution in [0.15, 0.2) is 16.8 Å². The van der Waals surface area contributed by atoms with Crippen LogP contribution in [0.3, 0.4) is 0 Å². The second kappa shape index (κ2) is 7.04. The van der Waals surface area contributed by atoms with E-state index < -0.39 is 0 Å². The molecule has 0 aliphatic heterocycles. The van der Waals surface area contributed by atoms with Crippen LogP contribution in [0.1, 0.15) is 19.4 Å². The Morgan fingerprint density at radius 1 is 1.15 bits per heavy atom. The molecule has 0 fully saturated rings. The average Bonchev–Trinajstić information content (AvgIpc) is 2.99. The van der Waals surface area contributed by atoms with Crippen LogP contribution in [0.2, 0.25) is 0 Å². The third kappa shape index (κ3) is 3.57. The van der Waals surface area contributed by atoms with Gasteiger partial charge in [-0.25, -0.2) is 0 Å².